The zero-order valence-electron chi connectivity index (χ0n) is 16.2. The van der Waals surface area contributed by atoms with Crippen LogP contribution in [0.2, 0.25) is 0 Å². The van der Waals surface area contributed by atoms with E-state index in [1.807, 2.05) is 18.2 Å². The van der Waals surface area contributed by atoms with E-state index < -0.39 is 0 Å². The minimum absolute atomic E-state index is 0.586. The summed E-state index contributed by atoms with van der Waals surface area (Å²) >= 11 is 5.04. The van der Waals surface area contributed by atoms with Crippen LogP contribution < -0.4 is 0 Å². The number of hydrogen-bond donors (Lipinski definition) is 0. The highest BCUT2D eigenvalue weighted by Crippen LogP contribution is 2.31. The average Bonchev–Trinajstić information content (AvgIpc) is 3.53. The molecule has 0 N–H and O–H groups in total. The number of benzene rings is 1. The SMILES string of the molecule is Cc1cccc(-c2nnc(SCc3csc(-c4cccs4)n3)n2Cc2ccco2)c1. The Labute approximate surface area is 186 Å². The van der Waals surface area contributed by atoms with Gasteiger partial charge in [0.05, 0.1) is 23.4 Å². The summed E-state index contributed by atoms with van der Waals surface area (Å²) < 4.78 is 7.70. The highest BCUT2D eigenvalue weighted by molar-refractivity contribution is 7.98. The van der Waals surface area contributed by atoms with Gasteiger partial charge in [-0.15, -0.1) is 32.9 Å². The van der Waals surface area contributed by atoms with Crippen molar-refractivity contribution in [3.8, 4) is 21.3 Å². The van der Waals surface area contributed by atoms with Gasteiger partial charge in [0.25, 0.3) is 0 Å². The molecule has 0 atom stereocenters. The van der Waals surface area contributed by atoms with Crippen LogP contribution >= 0.6 is 34.4 Å². The highest BCUT2D eigenvalue weighted by atomic mass is 32.2. The molecular weight excluding hydrogens is 432 g/mol. The Morgan fingerprint density at radius 2 is 2.03 bits per heavy atom. The van der Waals surface area contributed by atoms with E-state index in [4.69, 9.17) is 9.40 Å². The molecule has 0 radical (unpaired) electrons. The number of aryl methyl sites for hydroxylation is 1. The number of thioether (sulfide) groups is 1. The van der Waals surface area contributed by atoms with Crippen LogP contribution in [0.5, 0.6) is 0 Å². The standard InChI is InChI=1S/C22H18N4OS3/c1-15-5-2-6-16(11-15)20-24-25-22(26(20)12-18-7-3-9-27-18)30-14-17-13-29-21(23-17)19-8-4-10-28-19/h2-11,13H,12,14H2,1H3. The van der Waals surface area contributed by atoms with E-state index in [0.29, 0.717) is 6.54 Å². The molecule has 5 nitrogen and oxygen atoms in total. The topological polar surface area (TPSA) is 56.7 Å². The monoisotopic (exact) mass is 450 g/mol. The summed E-state index contributed by atoms with van der Waals surface area (Å²) in [5.74, 6) is 2.46. The van der Waals surface area contributed by atoms with E-state index in [9.17, 15) is 0 Å². The Hall–Kier alpha value is -2.68. The Morgan fingerprint density at radius 1 is 1.07 bits per heavy atom. The van der Waals surface area contributed by atoms with E-state index >= 15 is 0 Å². The molecule has 0 bridgehead atoms. The molecule has 4 heterocycles. The predicted octanol–water partition coefficient (Wildman–Crippen LogP) is 6.37. The zero-order chi connectivity index (χ0) is 20.3. The van der Waals surface area contributed by atoms with Gasteiger partial charge < -0.3 is 4.42 Å². The van der Waals surface area contributed by atoms with E-state index in [1.165, 1.54) is 10.4 Å². The molecule has 0 aliphatic carbocycles. The lowest BCUT2D eigenvalue weighted by Gasteiger charge is -2.09. The van der Waals surface area contributed by atoms with Gasteiger partial charge in [-0.25, -0.2) is 4.98 Å². The number of thiazole rings is 1. The summed E-state index contributed by atoms with van der Waals surface area (Å²) in [7, 11) is 0. The van der Waals surface area contributed by atoms with E-state index in [2.05, 4.69) is 62.8 Å². The van der Waals surface area contributed by atoms with E-state index in [1.54, 1.807) is 40.7 Å². The lowest BCUT2D eigenvalue weighted by Crippen LogP contribution is -2.03. The fraction of sp³-hybridized carbons (Fsp3) is 0.136. The van der Waals surface area contributed by atoms with Gasteiger partial charge in [-0.05, 0) is 36.6 Å². The van der Waals surface area contributed by atoms with Crippen LogP contribution in [0.15, 0.2) is 75.1 Å². The fourth-order valence-electron chi connectivity index (χ4n) is 3.12. The molecule has 5 aromatic rings. The molecule has 150 valence electrons. The van der Waals surface area contributed by atoms with Crippen molar-refractivity contribution < 1.29 is 4.42 Å². The van der Waals surface area contributed by atoms with Crippen molar-refractivity contribution in [1.82, 2.24) is 19.7 Å². The summed E-state index contributed by atoms with van der Waals surface area (Å²) in [6.07, 6.45) is 1.69. The molecule has 1 aromatic carbocycles. The van der Waals surface area contributed by atoms with Gasteiger partial charge >= 0.3 is 0 Å². The summed E-state index contributed by atoms with van der Waals surface area (Å²) in [4.78, 5) is 5.99. The molecule has 5 rings (SSSR count). The molecule has 0 amide bonds. The second-order valence-corrected chi connectivity index (χ2v) is 9.50. The van der Waals surface area contributed by atoms with Gasteiger partial charge in [0, 0.05) is 16.7 Å². The fourth-order valence-corrected chi connectivity index (χ4v) is 5.69. The van der Waals surface area contributed by atoms with Gasteiger partial charge in [0.2, 0.25) is 0 Å². The van der Waals surface area contributed by atoms with Crippen molar-refractivity contribution in [2.24, 2.45) is 0 Å². The Balaban J connectivity index is 1.41. The second kappa shape index (κ2) is 8.59. The molecule has 0 saturated heterocycles. The third-order valence-corrected chi connectivity index (χ3v) is 7.45. The summed E-state index contributed by atoms with van der Waals surface area (Å²) in [6, 6.07) is 16.4. The van der Waals surface area contributed by atoms with Crippen molar-refractivity contribution in [3.63, 3.8) is 0 Å². The maximum atomic E-state index is 5.59. The molecule has 0 fully saturated rings. The lowest BCUT2D eigenvalue weighted by molar-refractivity contribution is 0.485. The van der Waals surface area contributed by atoms with E-state index in [0.717, 1.165) is 38.8 Å². The van der Waals surface area contributed by atoms with Gasteiger partial charge in [-0.2, -0.15) is 0 Å². The maximum Gasteiger partial charge on any atom is 0.192 e. The van der Waals surface area contributed by atoms with Gasteiger partial charge in [0.15, 0.2) is 11.0 Å². The average molecular weight is 451 g/mol. The first kappa shape index (κ1) is 19.3. The minimum atomic E-state index is 0.586. The molecule has 0 aliphatic rings. The van der Waals surface area contributed by atoms with Crippen LogP contribution in [-0.2, 0) is 12.3 Å². The zero-order valence-corrected chi connectivity index (χ0v) is 18.6. The lowest BCUT2D eigenvalue weighted by atomic mass is 10.1. The number of aromatic nitrogens is 4. The van der Waals surface area contributed by atoms with Crippen LogP contribution in [0.3, 0.4) is 0 Å². The van der Waals surface area contributed by atoms with Gasteiger partial charge in [-0.3, -0.25) is 4.57 Å². The van der Waals surface area contributed by atoms with Gasteiger partial charge in [-0.1, -0.05) is 41.6 Å². The quantitative estimate of drug-likeness (QED) is 0.270. The molecule has 0 unspecified atom stereocenters. The number of hydrogen-bond acceptors (Lipinski definition) is 7. The molecule has 0 saturated carbocycles. The summed E-state index contributed by atoms with van der Waals surface area (Å²) in [5.41, 5.74) is 3.30. The summed E-state index contributed by atoms with van der Waals surface area (Å²) in [5, 5.41) is 15.1. The Morgan fingerprint density at radius 3 is 2.83 bits per heavy atom. The minimum Gasteiger partial charge on any atom is -0.467 e. The van der Waals surface area contributed by atoms with Crippen molar-refractivity contribution >= 4 is 34.4 Å². The third-order valence-electron chi connectivity index (χ3n) is 4.52. The molecule has 4 aromatic heterocycles. The largest absolute Gasteiger partial charge is 0.467 e. The predicted molar refractivity (Wildman–Crippen MR) is 123 cm³/mol. The van der Waals surface area contributed by atoms with Crippen LogP contribution in [0, 0.1) is 6.92 Å². The van der Waals surface area contributed by atoms with Crippen molar-refractivity contribution in [2.45, 2.75) is 24.4 Å². The van der Waals surface area contributed by atoms with Crippen LogP contribution in [0.4, 0.5) is 0 Å². The highest BCUT2D eigenvalue weighted by Gasteiger charge is 2.17. The van der Waals surface area contributed by atoms with Crippen LogP contribution in [0.25, 0.3) is 21.3 Å². The van der Waals surface area contributed by atoms with Crippen molar-refractivity contribution in [3.05, 3.63) is 82.6 Å². The second-order valence-electron chi connectivity index (χ2n) is 6.75. The molecule has 0 spiro atoms. The normalized spacial score (nSPS) is 11.2. The first-order valence-corrected chi connectivity index (χ1v) is 12.1. The number of furan rings is 1. The molecule has 30 heavy (non-hydrogen) atoms. The Bertz CT molecular complexity index is 1240. The molecular formula is C22H18N4OS3. The van der Waals surface area contributed by atoms with Gasteiger partial charge in [0.1, 0.15) is 10.8 Å². The first-order chi connectivity index (χ1) is 14.8. The first-order valence-electron chi connectivity index (χ1n) is 9.40. The van der Waals surface area contributed by atoms with E-state index in [-0.39, 0.29) is 0 Å². The summed E-state index contributed by atoms with van der Waals surface area (Å²) in [6.45, 7) is 2.67. The number of thiophene rings is 1. The van der Waals surface area contributed by atoms with Crippen molar-refractivity contribution in [2.75, 3.05) is 0 Å². The van der Waals surface area contributed by atoms with Crippen LogP contribution in [0.1, 0.15) is 17.0 Å². The third kappa shape index (κ3) is 4.12. The maximum absolute atomic E-state index is 5.59. The van der Waals surface area contributed by atoms with Crippen molar-refractivity contribution in [1.29, 1.82) is 0 Å². The Kier molecular flexibility index (Phi) is 5.52. The number of rotatable bonds is 7. The smallest absolute Gasteiger partial charge is 0.192 e. The molecule has 0 aliphatic heterocycles. The van der Waals surface area contributed by atoms with Crippen LogP contribution in [-0.4, -0.2) is 19.7 Å². The molecule has 8 heteroatoms. The number of nitrogens with zero attached hydrogens (tertiary/aromatic N) is 4.